The number of alkyl halides is 3. The minimum atomic E-state index is -4.68. The molecule has 2 heterocycles. The number of halogens is 3. The number of hydrogen-bond acceptors (Lipinski definition) is 4. The first-order valence-electron chi connectivity index (χ1n) is 8.80. The van der Waals surface area contributed by atoms with Crippen LogP contribution in [0.5, 0.6) is 0 Å². The fraction of sp³-hybridized carbons (Fsp3) is 0.350. The van der Waals surface area contributed by atoms with Gasteiger partial charge in [0.2, 0.25) is 5.89 Å². The lowest BCUT2D eigenvalue weighted by Gasteiger charge is -2.15. The van der Waals surface area contributed by atoms with Gasteiger partial charge in [0.15, 0.2) is 5.43 Å². The lowest BCUT2D eigenvalue weighted by molar-refractivity contribution is -0.156. The van der Waals surface area contributed by atoms with E-state index in [0.717, 1.165) is 17.0 Å². The second-order valence-electron chi connectivity index (χ2n) is 7.03. The summed E-state index contributed by atoms with van der Waals surface area (Å²) in [5, 5.41) is 6.48. The van der Waals surface area contributed by atoms with Crippen molar-refractivity contribution < 1.29 is 17.6 Å². The van der Waals surface area contributed by atoms with Crippen LogP contribution in [0.2, 0.25) is 0 Å². The summed E-state index contributed by atoms with van der Waals surface area (Å²) in [6.07, 6.45) is -4.26. The average molecular weight is 391 g/mol. The van der Waals surface area contributed by atoms with Crippen LogP contribution < -0.4 is 5.43 Å². The van der Waals surface area contributed by atoms with Crippen molar-refractivity contribution in [1.29, 1.82) is 0 Å². The van der Waals surface area contributed by atoms with E-state index in [2.05, 4.69) is 19.6 Å². The van der Waals surface area contributed by atoms with Gasteiger partial charge in [0, 0.05) is 34.5 Å². The molecule has 0 atom stereocenters. The predicted octanol–water partition coefficient (Wildman–Crippen LogP) is 4.77. The molecule has 0 aliphatic rings. The Morgan fingerprint density at radius 2 is 1.75 bits per heavy atom. The summed E-state index contributed by atoms with van der Waals surface area (Å²) in [4.78, 5) is 16.1. The van der Waals surface area contributed by atoms with Crippen LogP contribution in [-0.2, 0) is 12.6 Å². The number of nitrogens with one attached hydrogen (secondary N) is 1. The molecule has 28 heavy (non-hydrogen) atoms. The molecule has 0 aliphatic carbocycles. The zero-order chi connectivity index (χ0) is 20.6. The van der Waals surface area contributed by atoms with E-state index in [-0.39, 0.29) is 17.2 Å². The first-order chi connectivity index (χ1) is 13.1. The summed E-state index contributed by atoms with van der Waals surface area (Å²) >= 11 is 0. The van der Waals surface area contributed by atoms with E-state index in [9.17, 15) is 18.0 Å². The van der Waals surface area contributed by atoms with Crippen LogP contribution in [-0.4, -0.2) is 15.2 Å². The van der Waals surface area contributed by atoms with Crippen LogP contribution in [0, 0.1) is 13.8 Å². The molecule has 0 radical (unpaired) electrons. The number of rotatable bonds is 4. The van der Waals surface area contributed by atoms with Crippen molar-refractivity contribution in [2.45, 2.75) is 46.2 Å². The quantitative estimate of drug-likeness (QED) is 0.695. The minimum absolute atomic E-state index is 0.00995. The fourth-order valence-corrected chi connectivity index (χ4v) is 2.98. The highest BCUT2D eigenvalue weighted by Gasteiger charge is 2.38. The Morgan fingerprint density at radius 3 is 2.29 bits per heavy atom. The summed E-state index contributed by atoms with van der Waals surface area (Å²) in [6.45, 7) is 7.69. The van der Waals surface area contributed by atoms with Crippen LogP contribution in [0.25, 0.3) is 11.5 Å². The maximum Gasteiger partial charge on any atom is 0.470 e. The highest BCUT2D eigenvalue weighted by Crippen LogP contribution is 2.30. The molecule has 0 amide bonds. The molecule has 1 N–H and O–H groups in total. The Hall–Kier alpha value is -2.90. The van der Waals surface area contributed by atoms with Crippen molar-refractivity contribution in [3.63, 3.8) is 0 Å². The van der Waals surface area contributed by atoms with Crippen molar-refractivity contribution in [1.82, 2.24) is 15.2 Å². The van der Waals surface area contributed by atoms with E-state index < -0.39 is 12.1 Å². The number of pyridine rings is 1. The average Bonchev–Trinajstić information content (AvgIpc) is 3.13. The molecule has 3 aromatic rings. The molecule has 0 unspecified atom stereocenters. The second kappa shape index (κ2) is 7.26. The number of hydrogen-bond donors (Lipinski definition) is 1. The number of H-pyrrole nitrogens is 1. The van der Waals surface area contributed by atoms with E-state index >= 15 is 0 Å². The molecular weight excluding hydrogens is 371 g/mol. The number of aryl methyl sites for hydroxylation is 1. The maximum atomic E-state index is 12.7. The Morgan fingerprint density at radius 1 is 1.11 bits per heavy atom. The predicted molar refractivity (Wildman–Crippen MR) is 98.2 cm³/mol. The van der Waals surface area contributed by atoms with Gasteiger partial charge in [0.1, 0.15) is 0 Å². The molecule has 0 aliphatic heterocycles. The van der Waals surface area contributed by atoms with Gasteiger partial charge in [-0.25, -0.2) is 0 Å². The summed E-state index contributed by atoms with van der Waals surface area (Å²) in [5.74, 6) is -1.43. The fourth-order valence-electron chi connectivity index (χ4n) is 2.98. The molecule has 0 spiro atoms. The lowest BCUT2D eigenvalue weighted by atomic mass is 9.95. The monoisotopic (exact) mass is 391 g/mol. The number of nitrogens with zero attached hydrogens (tertiary/aromatic N) is 2. The number of aromatic nitrogens is 3. The van der Waals surface area contributed by atoms with Gasteiger partial charge in [0.05, 0.1) is 0 Å². The van der Waals surface area contributed by atoms with Gasteiger partial charge in [-0.15, -0.1) is 10.2 Å². The van der Waals surface area contributed by atoms with Crippen LogP contribution in [0.4, 0.5) is 13.2 Å². The van der Waals surface area contributed by atoms with Crippen molar-refractivity contribution in [2.75, 3.05) is 0 Å². The van der Waals surface area contributed by atoms with Crippen LogP contribution >= 0.6 is 0 Å². The van der Waals surface area contributed by atoms with Crippen molar-refractivity contribution in [2.24, 2.45) is 0 Å². The zero-order valence-corrected chi connectivity index (χ0v) is 15.9. The van der Waals surface area contributed by atoms with Gasteiger partial charge in [-0.1, -0.05) is 26.0 Å². The van der Waals surface area contributed by atoms with Crippen molar-refractivity contribution in [3.8, 4) is 11.5 Å². The molecule has 0 fully saturated rings. The highest BCUT2D eigenvalue weighted by atomic mass is 19.4. The summed E-state index contributed by atoms with van der Waals surface area (Å²) < 4.78 is 42.5. The van der Waals surface area contributed by atoms with E-state index in [1.165, 1.54) is 0 Å². The molecule has 1 aromatic carbocycles. The molecular formula is C20H20F3N3O2. The van der Waals surface area contributed by atoms with E-state index in [0.29, 0.717) is 23.1 Å². The topological polar surface area (TPSA) is 71.8 Å². The summed E-state index contributed by atoms with van der Waals surface area (Å²) in [6, 6.07) is 6.69. The molecule has 5 nitrogen and oxygen atoms in total. The Bertz CT molecular complexity index is 1050. The largest absolute Gasteiger partial charge is 0.470 e. The van der Waals surface area contributed by atoms with Gasteiger partial charge in [0.25, 0.3) is 0 Å². The molecule has 0 saturated carbocycles. The third-order valence-corrected chi connectivity index (χ3v) is 4.65. The van der Waals surface area contributed by atoms with E-state index in [1.54, 1.807) is 31.2 Å². The van der Waals surface area contributed by atoms with Crippen LogP contribution in [0.3, 0.4) is 0 Å². The van der Waals surface area contributed by atoms with Gasteiger partial charge in [-0.3, -0.25) is 4.79 Å². The molecule has 2 aromatic heterocycles. The van der Waals surface area contributed by atoms with Crippen LogP contribution in [0.1, 0.15) is 53.7 Å². The minimum Gasteiger partial charge on any atom is -0.413 e. The normalized spacial score (nSPS) is 12.0. The Labute approximate surface area is 159 Å². The van der Waals surface area contributed by atoms with Gasteiger partial charge >= 0.3 is 12.1 Å². The second-order valence-corrected chi connectivity index (χ2v) is 7.03. The number of benzene rings is 1. The highest BCUT2D eigenvalue weighted by molar-refractivity contribution is 5.53. The Kier molecular flexibility index (Phi) is 5.14. The SMILES string of the molecule is Cc1[nH]c(C(C)C)c(Cc2ccc(-c3nnc(C(F)(F)F)o3)cc2)c(=O)c1C. The van der Waals surface area contributed by atoms with Gasteiger partial charge < -0.3 is 9.40 Å². The summed E-state index contributed by atoms with van der Waals surface area (Å²) in [7, 11) is 0. The van der Waals surface area contributed by atoms with Gasteiger partial charge in [-0.2, -0.15) is 13.2 Å². The number of aromatic amines is 1. The molecule has 3 rings (SSSR count). The standard InChI is InChI=1S/C20H20F3N3O2/c1-10(2)16-15(17(27)11(3)12(4)24-16)9-13-5-7-14(8-6-13)18-25-26-19(28-18)20(21,22)23/h5-8,10H,9H2,1-4H3,(H,24,27). The van der Waals surface area contributed by atoms with E-state index in [4.69, 9.17) is 0 Å². The molecule has 8 heteroatoms. The molecule has 148 valence electrons. The molecule has 0 saturated heterocycles. The first-order valence-corrected chi connectivity index (χ1v) is 8.80. The zero-order valence-electron chi connectivity index (χ0n) is 15.9. The third kappa shape index (κ3) is 3.85. The molecule has 0 bridgehead atoms. The van der Waals surface area contributed by atoms with Crippen molar-refractivity contribution in [3.05, 3.63) is 68.5 Å². The van der Waals surface area contributed by atoms with Crippen LogP contribution in [0.15, 0.2) is 33.5 Å². The van der Waals surface area contributed by atoms with Gasteiger partial charge in [-0.05, 0) is 37.5 Å². The first kappa shape index (κ1) is 19.9. The van der Waals surface area contributed by atoms with E-state index in [1.807, 2.05) is 20.8 Å². The lowest BCUT2D eigenvalue weighted by Crippen LogP contribution is -2.20. The third-order valence-electron chi connectivity index (χ3n) is 4.65. The smallest absolute Gasteiger partial charge is 0.413 e. The van der Waals surface area contributed by atoms with Crippen molar-refractivity contribution >= 4 is 0 Å². The summed E-state index contributed by atoms with van der Waals surface area (Å²) in [5.41, 5.74) is 4.37. The Balaban J connectivity index is 1.91. The maximum absolute atomic E-state index is 12.7.